The molecule has 0 aliphatic rings. The van der Waals surface area contributed by atoms with Gasteiger partial charge in [-0.15, -0.1) is 0 Å². The standard InChI is InChI=1S/C11H14N2O2S/c1-3-8-16(14,15)13(2)11-7-5-4-6-10(11)9-12/h4-7H,3,8H2,1-2H3. The number of para-hydroxylation sites is 1. The summed E-state index contributed by atoms with van der Waals surface area (Å²) < 4.78 is 24.8. The molecule has 0 amide bonds. The summed E-state index contributed by atoms with van der Waals surface area (Å²) in [5, 5.41) is 8.89. The molecule has 86 valence electrons. The lowest BCUT2D eigenvalue weighted by molar-refractivity contribution is 0.593. The molecule has 0 heterocycles. The number of nitrogens with zero attached hydrogens (tertiary/aromatic N) is 2. The van der Waals surface area contributed by atoms with Crippen molar-refractivity contribution in [3.05, 3.63) is 29.8 Å². The molecule has 16 heavy (non-hydrogen) atoms. The van der Waals surface area contributed by atoms with E-state index in [1.54, 1.807) is 24.3 Å². The smallest absolute Gasteiger partial charge is 0.234 e. The fourth-order valence-electron chi connectivity index (χ4n) is 1.39. The highest BCUT2D eigenvalue weighted by Crippen LogP contribution is 2.21. The van der Waals surface area contributed by atoms with Crippen LogP contribution in [0.1, 0.15) is 18.9 Å². The minimum Gasteiger partial charge on any atom is -0.272 e. The van der Waals surface area contributed by atoms with Crippen LogP contribution in [0, 0.1) is 11.3 Å². The molecule has 0 radical (unpaired) electrons. The number of rotatable bonds is 4. The van der Waals surface area contributed by atoms with Gasteiger partial charge in [0.2, 0.25) is 10.0 Å². The van der Waals surface area contributed by atoms with Crippen LogP contribution >= 0.6 is 0 Å². The first-order valence-corrected chi connectivity index (χ1v) is 6.59. The molecule has 1 aromatic rings. The van der Waals surface area contributed by atoms with Gasteiger partial charge in [0.15, 0.2) is 0 Å². The highest BCUT2D eigenvalue weighted by atomic mass is 32.2. The zero-order valence-corrected chi connectivity index (χ0v) is 10.2. The molecular weight excluding hydrogens is 224 g/mol. The van der Waals surface area contributed by atoms with E-state index in [1.165, 1.54) is 11.4 Å². The van der Waals surface area contributed by atoms with Gasteiger partial charge in [0.1, 0.15) is 6.07 Å². The largest absolute Gasteiger partial charge is 0.272 e. The van der Waals surface area contributed by atoms with Crippen LogP contribution in [-0.2, 0) is 10.0 Å². The Bertz CT molecular complexity index is 503. The number of anilines is 1. The molecule has 0 spiro atoms. The van der Waals surface area contributed by atoms with Gasteiger partial charge in [-0.05, 0) is 18.6 Å². The normalized spacial score (nSPS) is 10.8. The first-order chi connectivity index (χ1) is 7.53. The summed E-state index contributed by atoms with van der Waals surface area (Å²) in [6.45, 7) is 1.81. The predicted molar refractivity (Wildman–Crippen MR) is 63.6 cm³/mol. The number of hydrogen-bond acceptors (Lipinski definition) is 3. The van der Waals surface area contributed by atoms with Gasteiger partial charge in [-0.2, -0.15) is 5.26 Å². The zero-order valence-electron chi connectivity index (χ0n) is 9.34. The fraction of sp³-hybridized carbons (Fsp3) is 0.364. The summed E-state index contributed by atoms with van der Waals surface area (Å²) >= 11 is 0. The lowest BCUT2D eigenvalue weighted by atomic mass is 10.2. The van der Waals surface area contributed by atoms with Gasteiger partial charge in [0, 0.05) is 7.05 Å². The molecule has 0 fully saturated rings. The number of hydrogen-bond donors (Lipinski definition) is 0. The van der Waals surface area contributed by atoms with Crippen molar-refractivity contribution in [3.63, 3.8) is 0 Å². The van der Waals surface area contributed by atoms with Crippen molar-refractivity contribution in [3.8, 4) is 6.07 Å². The molecular formula is C11H14N2O2S. The SMILES string of the molecule is CCCS(=O)(=O)N(C)c1ccccc1C#N. The lowest BCUT2D eigenvalue weighted by Crippen LogP contribution is -2.29. The first-order valence-electron chi connectivity index (χ1n) is 4.98. The van der Waals surface area contributed by atoms with Crippen molar-refractivity contribution >= 4 is 15.7 Å². The summed E-state index contributed by atoms with van der Waals surface area (Å²) in [6.07, 6.45) is 0.557. The van der Waals surface area contributed by atoms with E-state index >= 15 is 0 Å². The van der Waals surface area contributed by atoms with E-state index in [9.17, 15) is 8.42 Å². The molecule has 0 bridgehead atoms. The monoisotopic (exact) mass is 238 g/mol. The van der Waals surface area contributed by atoms with Gasteiger partial charge >= 0.3 is 0 Å². The van der Waals surface area contributed by atoms with Crippen LogP contribution in [-0.4, -0.2) is 21.2 Å². The van der Waals surface area contributed by atoms with Crippen LogP contribution in [0.2, 0.25) is 0 Å². The topological polar surface area (TPSA) is 61.2 Å². The summed E-state index contributed by atoms with van der Waals surface area (Å²) in [4.78, 5) is 0. The van der Waals surface area contributed by atoms with Crippen LogP contribution in [0.15, 0.2) is 24.3 Å². The van der Waals surface area contributed by atoms with E-state index in [4.69, 9.17) is 5.26 Å². The van der Waals surface area contributed by atoms with Crippen LogP contribution in [0.3, 0.4) is 0 Å². The summed E-state index contributed by atoms with van der Waals surface area (Å²) in [6, 6.07) is 8.65. The molecule has 0 unspecified atom stereocenters. The second kappa shape index (κ2) is 4.99. The van der Waals surface area contributed by atoms with Crippen LogP contribution in [0.5, 0.6) is 0 Å². The van der Waals surface area contributed by atoms with Crippen molar-refractivity contribution in [2.45, 2.75) is 13.3 Å². The van der Waals surface area contributed by atoms with Crippen LogP contribution in [0.4, 0.5) is 5.69 Å². The van der Waals surface area contributed by atoms with Crippen molar-refractivity contribution < 1.29 is 8.42 Å². The zero-order chi connectivity index (χ0) is 12.2. The van der Waals surface area contributed by atoms with Crippen LogP contribution < -0.4 is 4.31 Å². The molecule has 0 aliphatic heterocycles. The highest BCUT2D eigenvalue weighted by molar-refractivity contribution is 7.92. The Morgan fingerprint density at radius 2 is 2.00 bits per heavy atom. The first kappa shape index (κ1) is 12.5. The average molecular weight is 238 g/mol. The van der Waals surface area contributed by atoms with Gasteiger partial charge in [-0.25, -0.2) is 8.42 Å². The Morgan fingerprint density at radius 3 is 2.56 bits per heavy atom. The average Bonchev–Trinajstić information content (AvgIpc) is 2.28. The van der Waals surface area contributed by atoms with Gasteiger partial charge in [-0.3, -0.25) is 4.31 Å². The highest BCUT2D eigenvalue weighted by Gasteiger charge is 2.19. The van der Waals surface area contributed by atoms with E-state index in [-0.39, 0.29) is 5.75 Å². The molecule has 0 aliphatic carbocycles. The van der Waals surface area contributed by atoms with Gasteiger partial charge in [-0.1, -0.05) is 19.1 Å². The maximum atomic E-state index is 11.8. The Labute approximate surface area is 96.2 Å². The van der Waals surface area contributed by atoms with Gasteiger partial charge < -0.3 is 0 Å². The molecule has 0 saturated heterocycles. The van der Waals surface area contributed by atoms with Crippen molar-refractivity contribution in [1.29, 1.82) is 5.26 Å². The quantitative estimate of drug-likeness (QED) is 0.802. The Balaban J connectivity index is 3.16. The van der Waals surface area contributed by atoms with Crippen molar-refractivity contribution in [1.82, 2.24) is 0 Å². The molecule has 1 aromatic carbocycles. The van der Waals surface area contributed by atoms with Crippen molar-refractivity contribution in [2.24, 2.45) is 0 Å². The molecule has 5 heteroatoms. The minimum atomic E-state index is -3.31. The van der Waals surface area contributed by atoms with E-state index in [2.05, 4.69) is 0 Å². The summed E-state index contributed by atoms with van der Waals surface area (Å²) in [7, 11) is -1.84. The molecule has 1 rings (SSSR count). The van der Waals surface area contributed by atoms with Gasteiger partial charge in [0.05, 0.1) is 17.0 Å². The third-order valence-corrected chi connectivity index (χ3v) is 4.20. The Morgan fingerprint density at radius 1 is 1.38 bits per heavy atom. The van der Waals surface area contributed by atoms with Gasteiger partial charge in [0.25, 0.3) is 0 Å². The fourth-order valence-corrected chi connectivity index (χ4v) is 2.64. The van der Waals surface area contributed by atoms with Crippen molar-refractivity contribution in [2.75, 3.05) is 17.1 Å². The Hall–Kier alpha value is -1.54. The molecule has 0 N–H and O–H groups in total. The maximum absolute atomic E-state index is 11.8. The maximum Gasteiger partial charge on any atom is 0.234 e. The third-order valence-electron chi connectivity index (χ3n) is 2.24. The predicted octanol–water partition coefficient (Wildman–Crippen LogP) is 1.73. The molecule has 0 aromatic heterocycles. The summed E-state index contributed by atoms with van der Waals surface area (Å²) in [5.74, 6) is 0.0866. The van der Waals surface area contributed by atoms with E-state index < -0.39 is 10.0 Å². The molecule has 0 atom stereocenters. The second-order valence-electron chi connectivity index (χ2n) is 3.41. The Kier molecular flexibility index (Phi) is 3.91. The third kappa shape index (κ3) is 2.52. The second-order valence-corrected chi connectivity index (χ2v) is 5.53. The lowest BCUT2D eigenvalue weighted by Gasteiger charge is -2.19. The molecule has 4 nitrogen and oxygen atoms in total. The summed E-state index contributed by atoms with van der Waals surface area (Å²) in [5.41, 5.74) is 0.795. The van der Waals surface area contributed by atoms with E-state index in [1.807, 2.05) is 13.0 Å². The van der Waals surface area contributed by atoms with E-state index in [0.29, 0.717) is 17.7 Å². The van der Waals surface area contributed by atoms with Crippen LogP contribution in [0.25, 0.3) is 0 Å². The number of sulfonamides is 1. The number of benzene rings is 1. The minimum absolute atomic E-state index is 0.0866. The van der Waals surface area contributed by atoms with E-state index in [0.717, 1.165) is 0 Å². The number of nitriles is 1. The molecule has 0 saturated carbocycles.